The smallest absolute Gasteiger partial charge is 0.496 e. The molecule has 0 fully saturated rings. The minimum atomic E-state index is -1.68. The summed E-state index contributed by atoms with van der Waals surface area (Å²) in [7, 11) is 2.69. The van der Waals surface area contributed by atoms with Gasteiger partial charge in [0.2, 0.25) is 0 Å². The van der Waals surface area contributed by atoms with E-state index in [2.05, 4.69) is 0 Å². The fraction of sp³-hybridized carbons (Fsp3) is 0.400. The van der Waals surface area contributed by atoms with Crippen LogP contribution >= 0.6 is 0 Å². The first-order valence-electron chi connectivity index (χ1n) is 4.72. The highest BCUT2D eigenvalue weighted by Gasteiger charge is 2.27. The fourth-order valence-corrected chi connectivity index (χ4v) is 1.62. The van der Waals surface area contributed by atoms with Crippen LogP contribution in [-0.4, -0.2) is 38.5 Å². The van der Waals surface area contributed by atoms with Gasteiger partial charge in [-0.3, -0.25) is 0 Å². The van der Waals surface area contributed by atoms with Gasteiger partial charge in [-0.15, -0.1) is 0 Å². The highest BCUT2D eigenvalue weighted by Crippen LogP contribution is 2.33. The highest BCUT2D eigenvalue weighted by molar-refractivity contribution is 6.61. The van der Waals surface area contributed by atoms with Crippen LogP contribution in [0.5, 0.6) is 17.2 Å². The van der Waals surface area contributed by atoms with Crippen LogP contribution in [0.15, 0.2) is 6.07 Å². The minimum Gasteiger partial charge on any atom is -0.497 e. The number of ether oxygens (including phenoxy) is 3. The second-order valence-corrected chi connectivity index (χ2v) is 3.25. The minimum absolute atomic E-state index is 0.160. The molecule has 0 aromatic heterocycles. The zero-order chi connectivity index (χ0) is 12.3. The second-order valence-electron chi connectivity index (χ2n) is 3.25. The van der Waals surface area contributed by atoms with Gasteiger partial charge in [-0.1, -0.05) is 0 Å². The second kappa shape index (κ2) is 5.09. The zero-order valence-corrected chi connectivity index (χ0v) is 9.77. The molecule has 0 heterocycles. The van der Waals surface area contributed by atoms with E-state index < -0.39 is 7.12 Å². The predicted molar refractivity (Wildman–Crippen MR) is 60.7 cm³/mol. The van der Waals surface area contributed by atoms with Crippen molar-refractivity contribution >= 4 is 12.6 Å². The molecule has 0 spiro atoms. The van der Waals surface area contributed by atoms with Crippen LogP contribution < -0.4 is 19.7 Å². The Balaban J connectivity index is 3.52. The van der Waals surface area contributed by atoms with Gasteiger partial charge in [-0.05, 0) is 18.6 Å². The van der Waals surface area contributed by atoms with Gasteiger partial charge in [0, 0.05) is 0 Å². The molecule has 0 amide bonds. The molecule has 6 heteroatoms. The third kappa shape index (κ3) is 2.07. The summed E-state index contributed by atoms with van der Waals surface area (Å²) in [6.07, 6.45) is 0. The lowest BCUT2D eigenvalue weighted by molar-refractivity contribution is 0.346. The number of benzene rings is 1. The van der Waals surface area contributed by atoms with Crippen molar-refractivity contribution in [3.63, 3.8) is 0 Å². The Morgan fingerprint density at radius 2 is 1.56 bits per heavy atom. The molecule has 1 aromatic rings. The quantitative estimate of drug-likeness (QED) is 0.690. The number of aryl methyl sites for hydroxylation is 1. The standard InChI is InChI=1S/C10H15BO5/c1-6-5-7(14-2)8(11(12)13)10(16-4)9(6)15-3/h5,12-13H,1-4H3. The lowest BCUT2D eigenvalue weighted by Gasteiger charge is -2.17. The molecule has 5 nitrogen and oxygen atoms in total. The van der Waals surface area contributed by atoms with Gasteiger partial charge in [0.1, 0.15) is 5.75 Å². The molecule has 0 aliphatic heterocycles. The highest BCUT2D eigenvalue weighted by atomic mass is 16.5. The molecule has 1 rings (SSSR count). The van der Waals surface area contributed by atoms with Gasteiger partial charge >= 0.3 is 7.12 Å². The summed E-state index contributed by atoms with van der Waals surface area (Å²) in [6, 6.07) is 1.66. The Morgan fingerprint density at radius 1 is 1.00 bits per heavy atom. The molecule has 0 radical (unpaired) electrons. The van der Waals surface area contributed by atoms with E-state index in [-0.39, 0.29) is 11.2 Å². The molecule has 0 saturated carbocycles. The van der Waals surface area contributed by atoms with Crippen LogP contribution in [0.1, 0.15) is 5.56 Å². The maximum absolute atomic E-state index is 9.30. The zero-order valence-electron chi connectivity index (χ0n) is 9.77. The number of rotatable bonds is 4. The third-order valence-corrected chi connectivity index (χ3v) is 2.31. The van der Waals surface area contributed by atoms with Gasteiger partial charge in [-0.25, -0.2) is 0 Å². The number of hydrogen-bond donors (Lipinski definition) is 2. The van der Waals surface area contributed by atoms with E-state index in [4.69, 9.17) is 14.2 Å². The van der Waals surface area contributed by atoms with Crippen molar-refractivity contribution in [2.75, 3.05) is 21.3 Å². The van der Waals surface area contributed by atoms with Crippen LogP contribution in [0.3, 0.4) is 0 Å². The van der Waals surface area contributed by atoms with Crippen LogP contribution in [0.25, 0.3) is 0 Å². The summed E-state index contributed by atoms with van der Waals surface area (Å²) in [5, 5.41) is 18.6. The van der Waals surface area contributed by atoms with E-state index in [1.807, 2.05) is 6.92 Å². The van der Waals surface area contributed by atoms with Crippen molar-refractivity contribution in [3.05, 3.63) is 11.6 Å². The fourth-order valence-electron chi connectivity index (χ4n) is 1.62. The summed E-state index contributed by atoms with van der Waals surface area (Å²) >= 11 is 0. The molecule has 0 bridgehead atoms. The van der Waals surface area contributed by atoms with Gasteiger partial charge < -0.3 is 24.3 Å². The van der Waals surface area contributed by atoms with Gasteiger partial charge in [0.15, 0.2) is 11.5 Å². The van der Waals surface area contributed by atoms with E-state index in [0.717, 1.165) is 5.56 Å². The van der Waals surface area contributed by atoms with E-state index in [0.29, 0.717) is 11.5 Å². The van der Waals surface area contributed by atoms with Crippen LogP contribution in [0, 0.1) is 6.92 Å². The topological polar surface area (TPSA) is 68.2 Å². The molecule has 2 N–H and O–H groups in total. The molecule has 1 aromatic carbocycles. The van der Waals surface area contributed by atoms with Crippen LogP contribution in [-0.2, 0) is 0 Å². The Bertz CT molecular complexity index is 378. The first-order valence-corrected chi connectivity index (χ1v) is 4.72. The van der Waals surface area contributed by atoms with Crippen molar-refractivity contribution in [1.29, 1.82) is 0 Å². The van der Waals surface area contributed by atoms with Crippen molar-refractivity contribution in [2.45, 2.75) is 6.92 Å². The van der Waals surface area contributed by atoms with E-state index in [1.165, 1.54) is 21.3 Å². The molecular formula is C10H15BO5. The van der Waals surface area contributed by atoms with Crippen molar-refractivity contribution in [3.8, 4) is 17.2 Å². The average molecular weight is 226 g/mol. The molecule has 88 valence electrons. The lowest BCUT2D eigenvalue weighted by Crippen LogP contribution is -2.33. The van der Waals surface area contributed by atoms with Gasteiger partial charge in [0.05, 0.1) is 26.8 Å². The number of methoxy groups -OCH3 is 3. The van der Waals surface area contributed by atoms with E-state index >= 15 is 0 Å². The monoisotopic (exact) mass is 226 g/mol. The Kier molecular flexibility index (Phi) is 4.03. The number of hydrogen-bond acceptors (Lipinski definition) is 5. The Hall–Kier alpha value is -1.40. The van der Waals surface area contributed by atoms with Gasteiger partial charge in [-0.2, -0.15) is 0 Å². The normalized spacial score (nSPS) is 9.88. The van der Waals surface area contributed by atoms with Crippen molar-refractivity contribution < 1.29 is 24.3 Å². The maximum Gasteiger partial charge on any atom is 0.496 e. The van der Waals surface area contributed by atoms with Crippen molar-refractivity contribution in [1.82, 2.24) is 0 Å². The maximum atomic E-state index is 9.30. The molecule has 0 atom stereocenters. The molecule has 0 aliphatic carbocycles. The molecule has 0 unspecified atom stereocenters. The van der Waals surface area contributed by atoms with Gasteiger partial charge in [0.25, 0.3) is 0 Å². The molecule has 0 saturated heterocycles. The predicted octanol–water partition coefficient (Wildman–Crippen LogP) is -0.299. The summed E-state index contributed by atoms with van der Waals surface area (Å²) in [5.41, 5.74) is 0.952. The molecule has 16 heavy (non-hydrogen) atoms. The van der Waals surface area contributed by atoms with E-state index in [9.17, 15) is 10.0 Å². The van der Waals surface area contributed by atoms with Crippen LogP contribution in [0.4, 0.5) is 0 Å². The summed E-state index contributed by atoms with van der Waals surface area (Å²) < 4.78 is 15.4. The van der Waals surface area contributed by atoms with E-state index in [1.54, 1.807) is 6.07 Å². The summed E-state index contributed by atoms with van der Waals surface area (Å²) in [5.74, 6) is 1.09. The Morgan fingerprint density at radius 3 is 1.94 bits per heavy atom. The molecule has 0 aliphatic rings. The largest absolute Gasteiger partial charge is 0.497 e. The Labute approximate surface area is 94.7 Å². The first kappa shape index (κ1) is 12.7. The molecular weight excluding hydrogens is 211 g/mol. The average Bonchev–Trinajstić information content (AvgIpc) is 2.26. The summed E-state index contributed by atoms with van der Waals surface area (Å²) in [4.78, 5) is 0. The third-order valence-electron chi connectivity index (χ3n) is 2.31. The lowest BCUT2D eigenvalue weighted by atomic mass is 9.78. The first-order chi connectivity index (χ1) is 7.56. The SMILES string of the molecule is COc1cc(C)c(OC)c(OC)c1B(O)O. The summed E-state index contributed by atoms with van der Waals surface area (Å²) in [6.45, 7) is 1.82. The van der Waals surface area contributed by atoms with Crippen LogP contribution in [0.2, 0.25) is 0 Å². The van der Waals surface area contributed by atoms with Crippen molar-refractivity contribution in [2.24, 2.45) is 0 Å².